The third-order valence-corrected chi connectivity index (χ3v) is 14.6. The molecule has 0 heterocycles. The maximum absolute atomic E-state index is 10.9. The van der Waals surface area contributed by atoms with E-state index >= 15 is 0 Å². The van der Waals surface area contributed by atoms with E-state index < -0.39 is 0 Å². The van der Waals surface area contributed by atoms with Gasteiger partial charge in [0.15, 0.2) is 0 Å². The van der Waals surface area contributed by atoms with Crippen LogP contribution in [0.15, 0.2) is 12.2 Å². The number of hydrogen-bond acceptors (Lipinski definition) is 1. The first kappa shape index (κ1) is 23.4. The second-order valence-corrected chi connectivity index (χ2v) is 15.2. The Balaban J connectivity index is 1.58. The topological polar surface area (TPSA) is 20.2 Å². The summed E-state index contributed by atoms with van der Waals surface area (Å²) < 4.78 is 0. The summed E-state index contributed by atoms with van der Waals surface area (Å²) >= 11 is 0. The van der Waals surface area contributed by atoms with Crippen LogP contribution in [0.25, 0.3) is 0 Å². The van der Waals surface area contributed by atoms with Crippen LogP contribution in [0.4, 0.5) is 0 Å². The number of fused-ring (bicyclic) bond motifs is 7. The largest absolute Gasteiger partial charge is 0.393 e. The van der Waals surface area contributed by atoms with Crippen LogP contribution in [0.2, 0.25) is 0 Å². The first-order chi connectivity index (χ1) is 14.7. The summed E-state index contributed by atoms with van der Waals surface area (Å²) in [7, 11) is 0. The molecule has 1 nitrogen and oxygen atoms in total. The second-order valence-electron chi connectivity index (χ2n) is 15.2. The molecule has 5 saturated carbocycles. The molecule has 5 fully saturated rings. The Kier molecular flexibility index (Phi) is 4.89. The molecule has 0 aromatic rings. The van der Waals surface area contributed by atoms with E-state index in [4.69, 9.17) is 0 Å². The van der Waals surface area contributed by atoms with Crippen LogP contribution in [0.1, 0.15) is 120 Å². The van der Waals surface area contributed by atoms with Gasteiger partial charge in [0.2, 0.25) is 0 Å². The quantitative estimate of drug-likeness (QED) is 0.375. The van der Waals surface area contributed by atoms with Crippen molar-refractivity contribution in [2.75, 3.05) is 0 Å². The van der Waals surface area contributed by atoms with Crippen molar-refractivity contribution in [3.05, 3.63) is 12.2 Å². The van der Waals surface area contributed by atoms with Crippen molar-refractivity contribution < 1.29 is 5.11 Å². The Morgan fingerprint density at radius 1 is 0.719 bits per heavy atom. The predicted molar refractivity (Wildman–Crippen MR) is 135 cm³/mol. The SMILES string of the molecule is C=C1CC[C@]2(C)CC[C@]3(C)[C@H](CC[C@@H]4[C@@]5(C)CC[C@H](O)C(C)(C)[C@@H]5CC[C@]43C)[C@]2(C)[C@H]1C. The van der Waals surface area contributed by atoms with Crippen LogP contribution in [0.3, 0.4) is 0 Å². The fourth-order valence-corrected chi connectivity index (χ4v) is 11.9. The molecule has 182 valence electrons. The van der Waals surface area contributed by atoms with Crippen molar-refractivity contribution in [3.8, 4) is 0 Å². The average molecular weight is 441 g/mol. The van der Waals surface area contributed by atoms with Gasteiger partial charge >= 0.3 is 0 Å². The van der Waals surface area contributed by atoms with Crippen LogP contribution in [-0.2, 0) is 0 Å². The van der Waals surface area contributed by atoms with Gasteiger partial charge in [-0.25, -0.2) is 0 Å². The molecule has 0 spiro atoms. The third-order valence-electron chi connectivity index (χ3n) is 14.6. The number of hydrogen-bond donors (Lipinski definition) is 1. The number of aliphatic hydroxyl groups excluding tert-OH is 1. The van der Waals surface area contributed by atoms with Crippen molar-refractivity contribution in [3.63, 3.8) is 0 Å². The van der Waals surface area contributed by atoms with E-state index in [0.717, 1.165) is 18.3 Å². The molecule has 1 heteroatoms. The van der Waals surface area contributed by atoms with Gasteiger partial charge in [-0.2, -0.15) is 0 Å². The molecule has 5 aliphatic carbocycles. The molecule has 0 unspecified atom stereocenters. The molecule has 0 aromatic heterocycles. The van der Waals surface area contributed by atoms with Crippen LogP contribution in [-0.4, -0.2) is 11.2 Å². The van der Waals surface area contributed by atoms with E-state index in [1.807, 2.05) is 0 Å². The lowest BCUT2D eigenvalue weighted by Crippen LogP contribution is -2.69. The summed E-state index contributed by atoms with van der Waals surface area (Å²) in [6.07, 6.45) is 13.0. The van der Waals surface area contributed by atoms with Crippen molar-refractivity contribution in [2.45, 2.75) is 126 Å². The highest BCUT2D eigenvalue weighted by atomic mass is 16.3. The van der Waals surface area contributed by atoms with Crippen molar-refractivity contribution >= 4 is 0 Å². The Labute approximate surface area is 199 Å². The van der Waals surface area contributed by atoms with Gasteiger partial charge in [-0.05, 0) is 120 Å². The van der Waals surface area contributed by atoms with Gasteiger partial charge in [-0.1, -0.05) is 67.5 Å². The Morgan fingerprint density at radius 3 is 2.03 bits per heavy atom. The van der Waals surface area contributed by atoms with Gasteiger partial charge in [0.05, 0.1) is 6.10 Å². The van der Waals surface area contributed by atoms with Crippen LogP contribution in [0, 0.1) is 56.2 Å². The summed E-state index contributed by atoms with van der Waals surface area (Å²) in [4.78, 5) is 0. The minimum Gasteiger partial charge on any atom is -0.393 e. The maximum Gasteiger partial charge on any atom is 0.0594 e. The third kappa shape index (κ3) is 2.46. The highest BCUT2D eigenvalue weighted by molar-refractivity contribution is 5.24. The van der Waals surface area contributed by atoms with Gasteiger partial charge in [0.25, 0.3) is 0 Å². The monoisotopic (exact) mass is 440 g/mol. The lowest BCUT2D eigenvalue weighted by Gasteiger charge is -2.76. The summed E-state index contributed by atoms with van der Waals surface area (Å²) in [6, 6.07) is 0. The van der Waals surface area contributed by atoms with E-state index in [1.54, 1.807) is 0 Å². The predicted octanol–water partition coefficient (Wildman–Crippen LogP) is 8.41. The van der Waals surface area contributed by atoms with Crippen molar-refractivity contribution in [1.29, 1.82) is 0 Å². The summed E-state index contributed by atoms with van der Waals surface area (Å²) in [5.74, 6) is 2.91. The lowest BCUT2D eigenvalue weighted by molar-refractivity contribution is -0.272. The maximum atomic E-state index is 10.9. The lowest BCUT2D eigenvalue weighted by atomic mass is 9.29. The van der Waals surface area contributed by atoms with Gasteiger partial charge < -0.3 is 5.11 Å². The number of aliphatic hydroxyl groups is 1. The smallest absolute Gasteiger partial charge is 0.0594 e. The molecule has 0 aliphatic heterocycles. The van der Waals surface area contributed by atoms with Crippen LogP contribution < -0.4 is 0 Å². The molecule has 5 rings (SSSR count). The van der Waals surface area contributed by atoms with E-state index in [2.05, 4.69) is 62.0 Å². The standard InChI is InChI=1S/C31H52O/c1-20-12-15-27(5)18-19-30(8)24(31(27,9)21(20)2)11-10-23-28(6)16-14-25(32)26(3,4)22(28)13-17-29(23,30)7/h21-25,32H,1,10-19H2,2-9H3/t21-,22-,23+,24-,25-,27+,28-,29+,30+,31-/m0/s1. The van der Waals surface area contributed by atoms with Gasteiger partial charge in [0, 0.05) is 0 Å². The molecule has 0 amide bonds. The molecule has 0 bridgehead atoms. The van der Waals surface area contributed by atoms with Crippen molar-refractivity contribution in [2.24, 2.45) is 56.2 Å². The molecule has 32 heavy (non-hydrogen) atoms. The van der Waals surface area contributed by atoms with Crippen LogP contribution >= 0.6 is 0 Å². The summed E-state index contributed by atoms with van der Waals surface area (Å²) in [5, 5.41) is 10.9. The molecule has 0 radical (unpaired) electrons. The highest BCUT2D eigenvalue weighted by Crippen LogP contribution is 2.79. The van der Waals surface area contributed by atoms with Gasteiger partial charge in [0.1, 0.15) is 0 Å². The molecular weight excluding hydrogens is 388 g/mol. The fraction of sp³-hybridized carbons (Fsp3) is 0.935. The summed E-state index contributed by atoms with van der Waals surface area (Å²) in [5.41, 5.74) is 3.65. The molecule has 5 aliphatic rings. The number of rotatable bonds is 0. The molecular formula is C31H52O. The average Bonchev–Trinajstić information content (AvgIpc) is 2.72. The number of allylic oxidation sites excluding steroid dienone is 1. The van der Waals surface area contributed by atoms with Crippen LogP contribution in [0.5, 0.6) is 0 Å². The zero-order chi connectivity index (χ0) is 23.5. The molecule has 1 N–H and O–H groups in total. The van der Waals surface area contributed by atoms with E-state index in [0.29, 0.717) is 38.9 Å². The van der Waals surface area contributed by atoms with Gasteiger partial charge in [-0.15, -0.1) is 0 Å². The normalized spacial score (nSPS) is 59.4. The fourth-order valence-electron chi connectivity index (χ4n) is 11.9. The summed E-state index contributed by atoms with van der Waals surface area (Å²) in [6.45, 7) is 25.3. The molecule has 10 atom stereocenters. The Hall–Kier alpha value is -0.300. The zero-order valence-corrected chi connectivity index (χ0v) is 22.6. The van der Waals surface area contributed by atoms with E-state index in [1.165, 1.54) is 63.4 Å². The molecule has 0 aromatic carbocycles. The van der Waals surface area contributed by atoms with Crippen molar-refractivity contribution in [1.82, 2.24) is 0 Å². The highest BCUT2D eigenvalue weighted by Gasteiger charge is 2.72. The first-order valence-corrected chi connectivity index (χ1v) is 14.0. The molecule has 0 saturated heterocycles. The second kappa shape index (κ2) is 6.67. The zero-order valence-electron chi connectivity index (χ0n) is 22.6. The Bertz CT molecular complexity index is 811. The Morgan fingerprint density at radius 2 is 1.34 bits per heavy atom. The minimum absolute atomic E-state index is 0.0544. The minimum atomic E-state index is -0.125. The first-order valence-electron chi connectivity index (χ1n) is 14.0. The van der Waals surface area contributed by atoms with E-state index in [9.17, 15) is 5.11 Å². The van der Waals surface area contributed by atoms with E-state index in [-0.39, 0.29) is 11.5 Å². The van der Waals surface area contributed by atoms with Gasteiger partial charge in [-0.3, -0.25) is 0 Å².